The Morgan fingerprint density at radius 1 is 1.60 bits per heavy atom. The summed E-state index contributed by atoms with van der Waals surface area (Å²) >= 11 is 0. The van der Waals surface area contributed by atoms with E-state index in [4.69, 9.17) is 5.41 Å². The third-order valence-electron chi connectivity index (χ3n) is 1.78. The van der Waals surface area contributed by atoms with Crippen LogP contribution >= 0.6 is 0 Å². The molecule has 1 fully saturated rings. The molecule has 0 saturated carbocycles. The molecule has 0 atom stereocenters. The van der Waals surface area contributed by atoms with E-state index in [1.54, 1.807) is 0 Å². The third-order valence-corrected chi connectivity index (χ3v) is 1.78. The number of carbonyl (C=O) groups excluding carboxylic acids is 1. The van der Waals surface area contributed by atoms with E-state index in [0.717, 1.165) is 6.42 Å². The van der Waals surface area contributed by atoms with Crippen LogP contribution in [0.1, 0.15) is 26.7 Å². The summed E-state index contributed by atoms with van der Waals surface area (Å²) in [7, 11) is 0. The Morgan fingerprint density at radius 2 is 2.20 bits per heavy atom. The lowest BCUT2D eigenvalue weighted by atomic mass is 9.86. The molecule has 0 unspecified atom stereocenters. The smallest absolute Gasteiger partial charge is 0.312 e. The number of cyclic esters (lactones) is 1. The molecule has 1 aliphatic heterocycles. The number of hydrogen-bond acceptors (Lipinski definition) is 3. The van der Waals surface area contributed by atoms with Crippen molar-refractivity contribution in [2.45, 2.75) is 26.7 Å². The highest BCUT2D eigenvalue weighted by Crippen LogP contribution is 2.28. The van der Waals surface area contributed by atoms with Gasteiger partial charge in [0.15, 0.2) is 5.90 Å². The Morgan fingerprint density at radius 3 is 2.60 bits per heavy atom. The molecule has 0 aromatic heterocycles. The highest BCUT2D eigenvalue weighted by Gasteiger charge is 2.32. The zero-order valence-electron chi connectivity index (χ0n) is 6.23. The SMILES string of the molecule is CC1(C)CCC(=O)OC1=N. The molecule has 1 rings (SSSR count). The second-order valence-corrected chi connectivity index (χ2v) is 3.19. The largest absolute Gasteiger partial charge is 0.412 e. The normalized spacial score (nSPS) is 24.2. The third kappa shape index (κ3) is 1.17. The first-order chi connectivity index (χ1) is 4.52. The van der Waals surface area contributed by atoms with Crippen molar-refractivity contribution in [1.29, 1.82) is 5.41 Å². The Kier molecular flexibility index (Phi) is 1.50. The Balaban J connectivity index is 2.70. The van der Waals surface area contributed by atoms with Crippen LogP contribution in [0.2, 0.25) is 0 Å². The van der Waals surface area contributed by atoms with Gasteiger partial charge in [0.25, 0.3) is 0 Å². The molecule has 0 aliphatic carbocycles. The van der Waals surface area contributed by atoms with Gasteiger partial charge in [-0.1, -0.05) is 13.8 Å². The van der Waals surface area contributed by atoms with E-state index in [0.29, 0.717) is 6.42 Å². The Labute approximate surface area is 59.9 Å². The Hall–Kier alpha value is -0.860. The monoisotopic (exact) mass is 141 g/mol. The van der Waals surface area contributed by atoms with Crippen molar-refractivity contribution < 1.29 is 9.53 Å². The van der Waals surface area contributed by atoms with Crippen molar-refractivity contribution in [1.82, 2.24) is 0 Å². The summed E-state index contributed by atoms with van der Waals surface area (Å²) in [5, 5.41) is 7.28. The fraction of sp³-hybridized carbons (Fsp3) is 0.714. The van der Waals surface area contributed by atoms with Crippen LogP contribution in [0.3, 0.4) is 0 Å². The molecule has 0 bridgehead atoms. The number of nitrogens with one attached hydrogen (secondary N) is 1. The summed E-state index contributed by atoms with van der Waals surface area (Å²) in [6, 6.07) is 0. The van der Waals surface area contributed by atoms with Crippen LogP contribution in [-0.4, -0.2) is 11.9 Å². The van der Waals surface area contributed by atoms with E-state index >= 15 is 0 Å². The number of rotatable bonds is 0. The quantitative estimate of drug-likeness (QED) is 0.517. The van der Waals surface area contributed by atoms with Gasteiger partial charge in [0.2, 0.25) is 0 Å². The fourth-order valence-corrected chi connectivity index (χ4v) is 0.831. The lowest BCUT2D eigenvalue weighted by Gasteiger charge is -2.28. The van der Waals surface area contributed by atoms with Crippen LogP contribution < -0.4 is 0 Å². The first kappa shape index (κ1) is 7.25. The summed E-state index contributed by atoms with van der Waals surface area (Å²) in [6.07, 6.45) is 1.17. The lowest BCUT2D eigenvalue weighted by molar-refractivity contribution is -0.138. The molecule has 1 aliphatic rings. The maximum atomic E-state index is 10.6. The van der Waals surface area contributed by atoms with E-state index in [1.165, 1.54) is 0 Å². The van der Waals surface area contributed by atoms with Gasteiger partial charge in [0, 0.05) is 11.8 Å². The zero-order chi connectivity index (χ0) is 7.78. The highest BCUT2D eigenvalue weighted by atomic mass is 16.5. The summed E-state index contributed by atoms with van der Waals surface area (Å²) in [6.45, 7) is 3.81. The summed E-state index contributed by atoms with van der Waals surface area (Å²) < 4.78 is 4.65. The summed E-state index contributed by atoms with van der Waals surface area (Å²) in [5.74, 6) is -0.173. The van der Waals surface area contributed by atoms with Crippen LogP contribution in [0.15, 0.2) is 0 Å². The molecule has 0 aromatic carbocycles. The molecular formula is C7H11NO2. The van der Waals surface area contributed by atoms with Gasteiger partial charge >= 0.3 is 5.97 Å². The molecule has 1 saturated heterocycles. The minimum absolute atomic E-state index is 0.101. The predicted octanol–water partition coefficient (Wildman–Crippen LogP) is 1.33. The highest BCUT2D eigenvalue weighted by molar-refractivity contribution is 5.92. The zero-order valence-corrected chi connectivity index (χ0v) is 6.23. The van der Waals surface area contributed by atoms with Crippen molar-refractivity contribution in [3.05, 3.63) is 0 Å². The molecule has 10 heavy (non-hydrogen) atoms. The van der Waals surface area contributed by atoms with Gasteiger partial charge in [-0.15, -0.1) is 0 Å². The van der Waals surface area contributed by atoms with E-state index < -0.39 is 0 Å². The van der Waals surface area contributed by atoms with Gasteiger partial charge in [0.05, 0.1) is 0 Å². The molecule has 1 N–H and O–H groups in total. The van der Waals surface area contributed by atoms with Crippen LogP contribution in [0.5, 0.6) is 0 Å². The van der Waals surface area contributed by atoms with E-state index in [2.05, 4.69) is 4.74 Å². The molecule has 0 spiro atoms. The minimum atomic E-state index is -0.274. The van der Waals surface area contributed by atoms with E-state index in [1.807, 2.05) is 13.8 Å². The standard InChI is InChI=1S/C7H11NO2/c1-7(2)4-3-5(9)10-6(7)8/h8H,3-4H2,1-2H3. The first-order valence-electron chi connectivity index (χ1n) is 3.32. The van der Waals surface area contributed by atoms with Crippen LogP contribution in [0.4, 0.5) is 0 Å². The van der Waals surface area contributed by atoms with Gasteiger partial charge in [-0.2, -0.15) is 0 Å². The second kappa shape index (κ2) is 2.08. The average Bonchev–Trinajstić information content (AvgIpc) is 1.81. The maximum absolute atomic E-state index is 10.6. The molecule has 1 heterocycles. The van der Waals surface area contributed by atoms with Crippen molar-refractivity contribution in [2.24, 2.45) is 5.41 Å². The predicted molar refractivity (Wildman–Crippen MR) is 36.8 cm³/mol. The van der Waals surface area contributed by atoms with Crippen molar-refractivity contribution in [3.8, 4) is 0 Å². The lowest BCUT2D eigenvalue weighted by Crippen LogP contribution is -2.33. The van der Waals surface area contributed by atoms with Gasteiger partial charge in [0.1, 0.15) is 0 Å². The molecule has 0 radical (unpaired) electrons. The van der Waals surface area contributed by atoms with Gasteiger partial charge in [-0.3, -0.25) is 10.2 Å². The molecule has 56 valence electrons. The molecule has 0 amide bonds. The van der Waals surface area contributed by atoms with E-state index in [-0.39, 0.29) is 17.3 Å². The van der Waals surface area contributed by atoms with Crippen molar-refractivity contribution in [2.75, 3.05) is 0 Å². The van der Waals surface area contributed by atoms with Gasteiger partial charge < -0.3 is 4.74 Å². The van der Waals surface area contributed by atoms with Crippen molar-refractivity contribution in [3.63, 3.8) is 0 Å². The Bertz CT molecular complexity index is 184. The fourth-order valence-electron chi connectivity index (χ4n) is 0.831. The van der Waals surface area contributed by atoms with Crippen molar-refractivity contribution >= 4 is 11.9 Å². The first-order valence-corrected chi connectivity index (χ1v) is 3.32. The topological polar surface area (TPSA) is 50.2 Å². The van der Waals surface area contributed by atoms with Gasteiger partial charge in [-0.05, 0) is 6.42 Å². The number of ether oxygens (including phenoxy) is 1. The molecule has 0 aromatic rings. The number of carbonyl (C=O) groups is 1. The van der Waals surface area contributed by atoms with Gasteiger partial charge in [-0.25, -0.2) is 0 Å². The maximum Gasteiger partial charge on any atom is 0.312 e. The average molecular weight is 141 g/mol. The van der Waals surface area contributed by atoms with E-state index in [9.17, 15) is 4.79 Å². The van der Waals surface area contributed by atoms with Crippen LogP contribution in [0.25, 0.3) is 0 Å². The minimum Gasteiger partial charge on any atom is -0.412 e. The molecular weight excluding hydrogens is 130 g/mol. The summed E-state index contributed by atoms with van der Waals surface area (Å²) in [5.41, 5.74) is -0.242. The van der Waals surface area contributed by atoms with Crippen LogP contribution in [0, 0.1) is 10.8 Å². The number of hydrogen-bond donors (Lipinski definition) is 1. The number of esters is 1. The molecule has 3 heteroatoms. The summed E-state index contributed by atoms with van der Waals surface area (Å²) in [4.78, 5) is 10.6. The second-order valence-electron chi connectivity index (χ2n) is 3.19. The van der Waals surface area contributed by atoms with Crippen LogP contribution in [-0.2, 0) is 9.53 Å². The molecule has 3 nitrogen and oxygen atoms in total.